The first-order valence-electron chi connectivity index (χ1n) is 9.47. The fourth-order valence-electron chi connectivity index (χ4n) is 2.91. The summed E-state index contributed by atoms with van der Waals surface area (Å²) in [7, 11) is -3.84. The maximum absolute atomic E-state index is 13.0. The van der Waals surface area contributed by atoms with E-state index in [2.05, 4.69) is 39.8 Å². The Kier molecular flexibility index (Phi) is 7.46. The molecule has 158 valence electrons. The van der Waals surface area contributed by atoms with Crippen molar-refractivity contribution < 1.29 is 13.2 Å². The average Bonchev–Trinajstić information content (AvgIpc) is 3.16. The predicted octanol–water partition coefficient (Wildman–Crippen LogP) is 5.16. The number of carbonyl (C=O) groups is 1. The molecule has 0 saturated carbocycles. The van der Waals surface area contributed by atoms with E-state index in [4.69, 9.17) is 0 Å². The summed E-state index contributed by atoms with van der Waals surface area (Å²) < 4.78 is 29.1. The number of rotatable bonds is 8. The summed E-state index contributed by atoms with van der Waals surface area (Å²) in [5, 5.41) is 2.84. The number of hydrogen-bond acceptors (Lipinski definition) is 4. The summed E-state index contributed by atoms with van der Waals surface area (Å²) in [4.78, 5) is 13.0. The second-order valence-electron chi connectivity index (χ2n) is 7.19. The van der Waals surface area contributed by atoms with Crippen molar-refractivity contribution >= 4 is 48.9 Å². The first-order valence-corrected chi connectivity index (χ1v) is 12.6. The molecule has 0 aliphatic heterocycles. The van der Waals surface area contributed by atoms with Gasteiger partial charge in [0.1, 0.15) is 10.3 Å². The monoisotopic (exact) mass is 506 g/mol. The molecule has 2 N–H and O–H groups in total. The van der Waals surface area contributed by atoms with Crippen molar-refractivity contribution in [2.24, 2.45) is 0 Å². The Bertz CT molecular complexity index is 1090. The van der Waals surface area contributed by atoms with Crippen LogP contribution in [0.25, 0.3) is 0 Å². The molecule has 3 rings (SSSR count). The summed E-state index contributed by atoms with van der Waals surface area (Å²) in [6.07, 6.45) is 0.239. The van der Waals surface area contributed by atoms with E-state index in [0.29, 0.717) is 15.4 Å². The molecule has 0 bridgehead atoms. The van der Waals surface area contributed by atoms with Crippen LogP contribution in [0, 0.1) is 0 Å². The van der Waals surface area contributed by atoms with Crippen molar-refractivity contribution in [3.05, 3.63) is 81.6 Å². The lowest BCUT2D eigenvalue weighted by molar-refractivity contribution is -0.117. The molecule has 1 aromatic heterocycles. The van der Waals surface area contributed by atoms with E-state index in [1.807, 2.05) is 54.6 Å². The normalized spacial score (nSPS) is 12.7. The zero-order valence-corrected chi connectivity index (χ0v) is 19.9. The van der Waals surface area contributed by atoms with Gasteiger partial charge >= 0.3 is 0 Å². The van der Waals surface area contributed by atoms with Crippen molar-refractivity contribution in [3.8, 4) is 0 Å². The minimum Gasteiger partial charge on any atom is -0.325 e. The fraction of sp³-hybridized carbons (Fsp3) is 0.227. The van der Waals surface area contributed by atoms with E-state index in [1.54, 1.807) is 6.07 Å². The number of halogens is 1. The van der Waals surface area contributed by atoms with Crippen LogP contribution in [-0.2, 0) is 21.2 Å². The first kappa shape index (κ1) is 22.7. The Balaban J connectivity index is 1.82. The lowest BCUT2D eigenvalue weighted by atomic mass is 10.0. The molecular formula is C22H23BrN2O3S2. The molecule has 0 radical (unpaired) electrons. The zero-order valence-electron chi connectivity index (χ0n) is 16.6. The number of nitrogens with one attached hydrogen (secondary N) is 2. The average molecular weight is 507 g/mol. The second kappa shape index (κ2) is 9.87. The SMILES string of the molecule is CC(C)c1ccc(NC(=O)[C@@H](Cc2ccccc2)NS(=O)(=O)c2ccc(Br)s2)cc1. The minimum atomic E-state index is -3.84. The first-order chi connectivity index (χ1) is 14.2. The Morgan fingerprint density at radius 2 is 1.67 bits per heavy atom. The third-order valence-corrected chi connectivity index (χ3v) is 8.14. The van der Waals surface area contributed by atoms with Gasteiger partial charge < -0.3 is 5.32 Å². The topological polar surface area (TPSA) is 75.3 Å². The van der Waals surface area contributed by atoms with Crippen LogP contribution in [0.5, 0.6) is 0 Å². The number of thiophene rings is 1. The van der Waals surface area contributed by atoms with E-state index in [9.17, 15) is 13.2 Å². The molecule has 2 aromatic carbocycles. The lowest BCUT2D eigenvalue weighted by Gasteiger charge is -2.18. The van der Waals surface area contributed by atoms with Crippen LogP contribution in [-0.4, -0.2) is 20.4 Å². The molecule has 3 aromatic rings. The lowest BCUT2D eigenvalue weighted by Crippen LogP contribution is -2.45. The standard InChI is InChI=1S/C22H23BrN2O3S2/c1-15(2)17-8-10-18(11-9-17)24-22(26)19(14-16-6-4-3-5-7-16)25-30(27,28)21-13-12-20(23)29-21/h3-13,15,19,25H,14H2,1-2H3,(H,24,26)/t19-/m1/s1. The van der Waals surface area contributed by atoms with E-state index in [0.717, 1.165) is 22.5 Å². The third kappa shape index (κ3) is 6.01. The molecule has 0 fully saturated rings. The number of sulfonamides is 1. The summed E-state index contributed by atoms with van der Waals surface area (Å²) in [5.74, 6) is -0.0205. The highest BCUT2D eigenvalue weighted by molar-refractivity contribution is 9.11. The van der Waals surface area contributed by atoms with Crippen LogP contribution in [0.15, 0.2) is 74.7 Å². The van der Waals surface area contributed by atoms with Gasteiger partial charge in [0.15, 0.2) is 0 Å². The van der Waals surface area contributed by atoms with Gasteiger partial charge in [-0.25, -0.2) is 8.42 Å². The number of benzene rings is 2. The fourth-order valence-corrected chi connectivity index (χ4v) is 6.13. The highest BCUT2D eigenvalue weighted by Crippen LogP contribution is 2.26. The molecule has 0 unspecified atom stereocenters. The van der Waals surface area contributed by atoms with Crippen molar-refractivity contribution in [2.75, 3.05) is 5.32 Å². The van der Waals surface area contributed by atoms with Crippen LogP contribution < -0.4 is 10.0 Å². The van der Waals surface area contributed by atoms with E-state index in [-0.39, 0.29) is 10.6 Å². The van der Waals surface area contributed by atoms with Crippen molar-refractivity contribution in [3.63, 3.8) is 0 Å². The van der Waals surface area contributed by atoms with Crippen LogP contribution in [0.1, 0.15) is 30.9 Å². The van der Waals surface area contributed by atoms with Gasteiger partial charge in [-0.1, -0.05) is 56.3 Å². The van der Waals surface area contributed by atoms with Gasteiger partial charge in [0, 0.05) is 5.69 Å². The molecule has 1 amide bonds. The Hall–Kier alpha value is -2.00. The minimum absolute atomic E-state index is 0.154. The van der Waals surface area contributed by atoms with Crippen molar-refractivity contribution in [2.45, 2.75) is 36.4 Å². The zero-order chi connectivity index (χ0) is 21.7. The van der Waals surface area contributed by atoms with Crippen LogP contribution in [0.4, 0.5) is 5.69 Å². The van der Waals surface area contributed by atoms with Crippen LogP contribution in [0.3, 0.4) is 0 Å². The Labute approximate surface area is 189 Å². The highest BCUT2D eigenvalue weighted by Gasteiger charge is 2.27. The van der Waals surface area contributed by atoms with Gasteiger partial charge in [-0.3, -0.25) is 4.79 Å². The number of anilines is 1. The van der Waals surface area contributed by atoms with Gasteiger partial charge in [-0.15, -0.1) is 11.3 Å². The van der Waals surface area contributed by atoms with Crippen LogP contribution >= 0.6 is 27.3 Å². The van der Waals surface area contributed by atoms with Gasteiger partial charge in [-0.05, 0) is 63.7 Å². The van der Waals surface area contributed by atoms with Crippen molar-refractivity contribution in [1.29, 1.82) is 0 Å². The highest BCUT2D eigenvalue weighted by atomic mass is 79.9. The predicted molar refractivity (Wildman–Crippen MR) is 125 cm³/mol. The molecular weight excluding hydrogens is 484 g/mol. The number of carbonyl (C=O) groups excluding carboxylic acids is 1. The summed E-state index contributed by atoms with van der Waals surface area (Å²) >= 11 is 4.38. The smallest absolute Gasteiger partial charge is 0.250 e. The molecule has 0 spiro atoms. The molecule has 5 nitrogen and oxygen atoms in total. The van der Waals surface area contributed by atoms with E-state index < -0.39 is 22.0 Å². The quantitative estimate of drug-likeness (QED) is 0.442. The summed E-state index contributed by atoms with van der Waals surface area (Å²) in [6, 6.07) is 19.1. The molecule has 8 heteroatoms. The van der Waals surface area contributed by atoms with Gasteiger partial charge in [0.2, 0.25) is 5.91 Å². The second-order valence-corrected chi connectivity index (χ2v) is 11.6. The molecule has 1 heterocycles. The maximum atomic E-state index is 13.0. The summed E-state index contributed by atoms with van der Waals surface area (Å²) in [6.45, 7) is 4.20. The number of amides is 1. The van der Waals surface area contributed by atoms with Gasteiger partial charge in [0.05, 0.1) is 3.79 Å². The summed E-state index contributed by atoms with van der Waals surface area (Å²) in [5.41, 5.74) is 2.65. The van der Waals surface area contributed by atoms with E-state index >= 15 is 0 Å². The van der Waals surface area contributed by atoms with Gasteiger partial charge in [-0.2, -0.15) is 4.72 Å². The molecule has 0 aliphatic rings. The van der Waals surface area contributed by atoms with E-state index in [1.165, 1.54) is 6.07 Å². The molecule has 0 saturated heterocycles. The third-order valence-electron chi connectivity index (χ3n) is 4.55. The Morgan fingerprint density at radius 3 is 2.23 bits per heavy atom. The van der Waals surface area contributed by atoms with Gasteiger partial charge in [0.25, 0.3) is 10.0 Å². The largest absolute Gasteiger partial charge is 0.325 e. The maximum Gasteiger partial charge on any atom is 0.250 e. The molecule has 30 heavy (non-hydrogen) atoms. The molecule has 0 aliphatic carbocycles. The molecule has 1 atom stereocenters. The Morgan fingerprint density at radius 1 is 1.00 bits per heavy atom. The van der Waals surface area contributed by atoms with Crippen molar-refractivity contribution in [1.82, 2.24) is 4.72 Å². The van der Waals surface area contributed by atoms with Crippen LogP contribution in [0.2, 0.25) is 0 Å². The number of hydrogen-bond donors (Lipinski definition) is 2.